The smallest absolute Gasteiger partial charge is 0.305 e. The number of anilines is 1. The molecule has 5 nitrogen and oxygen atoms in total. The standard InChI is InChI=1S/C16H15FN2O3/c1-11-6-7-14(18-10-11)19(9-8-15(20)21)16(22)12-4-2-3-5-13(12)17/h2-7,10H,8-9H2,1H3,(H,20,21). The minimum atomic E-state index is -1.04. The van der Waals surface area contributed by atoms with Crippen molar-refractivity contribution < 1.29 is 19.1 Å². The van der Waals surface area contributed by atoms with Gasteiger partial charge in [-0.3, -0.25) is 14.5 Å². The number of halogens is 1. The Hall–Kier alpha value is -2.76. The molecule has 0 radical (unpaired) electrons. The minimum absolute atomic E-state index is 0.0848. The Morgan fingerprint density at radius 1 is 1.23 bits per heavy atom. The number of nitrogens with zero attached hydrogens (tertiary/aromatic N) is 2. The van der Waals surface area contributed by atoms with Gasteiger partial charge in [0.05, 0.1) is 12.0 Å². The summed E-state index contributed by atoms with van der Waals surface area (Å²) in [5.41, 5.74) is 0.788. The van der Waals surface area contributed by atoms with Crippen molar-refractivity contribution in [2.24, 2.45) is 0 Å². The molecule has 0 aliphatic carbocycles. The van der Waals surface area contributed by atoms with Crippen LogP contribution in [0.4, 0.5) is 10.2 Å². The summed E-state index contributed by atoms with van der Waals surface area (Å²) in [4.78, 5) is 28.6. The molecule has 2 rings (SSSR count). The van der Waals surface area contributed by atoms with Crippen molar-refractivity contribution in [3.63, 3.8) is 0 Å². The maximum atomic E-state index is 13.8. The first kappa shape index (κ1) is 15.6. The summed E-state index contributed by atoms with van der Waals surface area (Å²) < 4.78 is 13.8. The summed E-state index contributed by atoms with van der Waals surface area (Å²) in [6, 6.07) is 8.94. The largest absolute Gasteiger partial charge is 0.481 e. The predicted octanol–water partition coefficient (Wildman–Crippen LogP) is 2.65. The van der Waals surface area contributed by atoms with Crippen molar-refractivity contribution in [2.75, 3.05) is 11.4 Å². The van der Waals surface area contributed by atoms with E-state index in [0.29, 0.717) is 5.82 Å². The second-order valence-corrected chi connectivity index (χ2v) is 4.77. The number of hydrogen-bond donors (Lipinski definition) is 1. The maximum Gasteiger partial charge on any atom is 0.305 e. The number of aryl methyl sites for hydroxylation is 1. The topological polar surface area (TPSA) is 70.5 Å². The van der Waals surface area contributed by atoms with Gasteiger partial charge in [0.2, 0.25) is 0 Å². The third-order valence-corrected chi connectivity index (χ3v) is 3.07. The molecule has 6 heteroatoms. The molecule has 1 N–H and O–H groups in total. The molecule has 0 spiro atoms. The molecule has 0 atom stereocenters. The van der Waals surface area contributed by atoms with E-state index in [4.69, 9.17) is 5.11 Å². The number of benzene rings is 1. The van der Waals surface area contributed by atoms with Crippen LogP contribution in [0.15, 0.2) is 42.6 Å². The molecule has 0 aliphatic rings. The van der Waals surface area contributed by atoms with Crippen LogP contribution in [0.3, 0.4) is 0 Å². The Morgan fingerprint density at radius 2 is 1.95 bits per heavy atom. The van der Waals surface area contributed by atoms with Crippen LogP contribution in [0.5, 0.6) is 0 Å². The molecule has 0 fully saturated rings. The van der Waals surface area contributed by atoms with Crippen LogP contribution in [0.25, 0.3) is 0 Å². The van der Waals surface area contributed by atoms with Crippen LogP contribution in [0.1, 0.15) is 22.3 Å². The van der Waals surface area contributed by atoms with Crippen molar-refractivity contribution >= 4 is 17.7 Å². The van der Waals surface area contributed by atoms with Crippen LogP contribution >= 0.6 is 0 Å². The molecule has 0 unspecified atom stereocenters. The van der Waals surface area contributed by atoms with Crippen molar-refractivity contribution in [1.29, 1.82) is 0 Å². The summed E-state index contributed by atoms with van der Waals surface area (Å²) in [7, 11) is 0. The number of carbonyl (C=O) groups excluding carboxylic acids is 1. The summed E-state index contributed by atoms with van der Waals surface area (Å²) >= 11 is 0. The first-order valence-corrected chi connectivity index (χ1v) is 6.70. The zero-order valence-electron chi connectivity index (χ0n) is 12.0. The zero-order valence-corrected chi connectivity index (χ0v) is 12.0. The SMILES string of the molecule is Cc1ccc(N(CCC(=O)O)C(=O)c2ccccc2F)nc1. The van der Waals surface area contributed by atoms with Gasteiger partial charge in [-0.1, -0.05) is 18.2 Å². The number of aromatic nitrogens is 1. The Morgan fingerprint density at radius 3 is 2.55 bits per heavy atom. The number of hydrogen-bond acceptors (Lipinski definition) is 3. The fourth-order valence-corrected chi connectivity index (χ4v) is 1.93. The molecule has 1 amide bonds. The number of carbonyl (C=O) groups is 2. The highest BCUT2D eigenvalue weighted by atomic mass is 19.1. The van der Waals surface area contributed by atoms with Crippen molar-refractivity contribution in [2.45, 2.75) is 13.3 Å². The van der Waals surface area contributed by atoms with Gasteiger partial charge in [0.25, 0.3) is 5.91 Å². The normalized spacial score (nSPS) is 10.3. The third kappa shape index (κ3) is 3.66. The van der Waals surface area contributed by atoms with Crippen molar-refractivity contribution in [3.05, 3.63) is 59.5 Å². The summed E-state index contributed by atoms with van der Waals surface area (Å²) in [6.45, 7) is 1.76. The van der Waals surface area contributed by atoms with Gasteiger partial charge in [-0.2, -0.15) is 0 Å². The van der Waals surface area contributed by atoms with Crippen LogP contribution in [0.2, 0.25) is 0 Å². The van der Waals surface area contributed by atoms with E-state index in [1.165, 1.54) is 23.1 Å². The highest BCUT2D eigenvalue weighted by molar-refractivity contribution is 6.05. The van der Waals surface area contributed by atoms with E-state index in [0.717, 1.165) is 5.56 Å². The van der Waals surface area contributed by atoms with Gasteiger partial charge in [0, 0.05) is 12.7 Å². The van der Waals surface area contributed by atoms with Gasteiger partial charge >= 0.3 is 5.97 Å². The van der Waals surface area contributed by atoms with Gasteiger partial charge < -0.3 is 5.11 Å². The highest BCUT2D eigenvalue weighted by Crippen LogP contribution is 2.17. The molecule has 1 aromatic carbocycles. The maximum absolute atomic E-state index is 13.8. The third-order valence-electron chi connectivity index (χ3n) is 3.07. The van der Waals surface area contributed by atoms with Gasteiger partial charge in [-0.05, 0) is 30.7 Å². The Bertz CT molecular complexity index is 686. The minimum Gasteiger partial charge on any atom is -0.481 e. The Labute approximate surface area is 127 Å². The molecule has 2 aromatic rings. The van der Waals surface area contributed by atoms with Gasteiger partial charge in [-0.15, -0.1) is 0 Å². The first-order valence-electron chi connectivity index (χ1n) is 6.70. The average molecular weight is 302 g/mol. The lowest BCUT2D eigenvalue weighted by Crippen LogP contribution is -2.34. The van der Waals surface area contributed by atoms with Gasteiger partial charge in [0.15, 0.2) is 0 Å². The lowest BCUT2D eigenvalue weighted by Gasteiger charge is -2.21. The second-order valence-electron chi connectivity index (χ2n) is 4.77. The quantitative estimate of drug-likeness (QED) is 0.921. The van der Waals surface area contributed by atoms with E-state index in [2.05, 4.69) is 4.98 Å². The molecular formula is C16H15FN2O3. The van der Waals surface area contributed by atoms with E-state index in [1.807, 2.05) is 6.92 Å². The molecule has 0 aliphatic heterocycles. The first-order chi connectivity index (χ1) is 10.5. The van der Waals surface area contributed by atoms with Crippen molar-refractivity contribution in [3.8, 4) is 0 Å². The van der Waals surface area contributed by atoms with E-state index < -0.39 is 17.7 Å². The molecule has 0 bridgehead atoms. The molecule has 22 heavy (non-hydrogen) atoms. The van der Waals surface area contributed by atoms with Crippen LogP contribution in [-0.4, -0.2) is 28.5 Å². The van der Waals surface area contributed by atoms with E-state index in [1.54, 1.807) is 24.4 Å². The number of pyridine rings is 1. The average Bonchev–Trinajstić information content (AvgIpc) is 2.49. The number of rotatable bonds is 5. The Kier molecular flexibility index (Phi) is 4.83. The molecule has 0 saturated carbocycles. The van der Waals surface area contributed by atoms with Crippen molar-refractivity contribution in [1.82, 2.24) is 4.98 Å². The van der Waals surface area contributed by atoms with Gasteiger partial charge in [0.1, 0.15) is 11.6 Å². The van der Waals surface area contributed by atoms with E-state index in [9.17, 15) is 14.0 Å². The van der Waals surface area contributed by atoms with Crippen LogP contribution in [0, 0.1) is 12.7 Å². The van der Waals surface area contributed by atoms with Crippen LogP contribution in [-0.2, 0) is 4.79 Å². The number of amides is 1. The molecule has 1 heterocycles. The predicted molar refractivity (Wildman–Crippen MR) is 79.3 cm³/mol. The molecular weight excluding hydrogens is 287 g/mol. The highest BCUT2D eigenvalue weighted by Gasteiger charge is 2.22. The monoisotopic (exact) mass is 302 g/mol. The fourth-order valence-electron chi connectivity index (χ4n) is 1.93. The van der Waals surface area contributed by atoms with Gasteiger partial charge in [-0.25, -0.2) is 9.37 Å². The number of carboxylic acid groups (broad SMARTS) is 1. The summed E-state index contributed by atoms with van der Waals surface area (Å²) in [6.07, 6.45) is 1.31. The summed E-state index contributed by atoms with van der Waals surface area (Å²) in [5, 5.41) is 8.83. The van der Waals surface area contributed by atoms with E-state index >= 15 is 0 Å². The number of carboxylic acids is 1. The lowest BCUT2D eigenvalue weighted by molar-refractivity contribution is -0.136. The second kappa shape index (κ2) is 6.80. The zero-order chi connectivity index (χ0) is 16.1. The lowest BCUT2D eigenvalue weighted by atomic mass is 10.1. The molecule has 1 aromatic heterocycles. The number of aliphatic carboxylic acids is 1. The Balaban J connectivity index is 2.35. The molecule has 0 saturated heterocycles. The fraction of sp³-hybridized carbons (Fsp3) is 0.188. The van der Waals surface area contributed by atoms with E-state index in [-0.39, 0.29) is 18.5 Å². The summed E-state index contributed by atoms with van der Waals surface area (Å²) in [5.74, 6) is -2.02. The van der Waals surface area contributed by atoms with Crippen LogP contribution < -0.4 is 4.90 Å². The molecule has 114 valence electrons.